The molecule has 0 radical (unpaired) electrons. The van der Waals surface area contributed by atoms with Crippen molar-refractivity contribution < 1.29 is 21.0 Å². The zero-order valence-corrected chi connectivity index (χ0v) is 18.4. The van der Waals surface area contributed by atoms with Gasteiger partial charge >= 0.3 is 10.1 Å². The van der Waals surface area contributed by atoms with Gasteiger partial charge in [-0.2, -0.15) is 12.7 Å². The molecule has 0 N–H and O–H groups in total. The van der Waals surface area contributed by atoms with E-state index < -0.39 is 20.1 Å². The van der Waals surface area contributed by atoms with Crippen molar-refractivity contribution in [2.75, 3.05) is 12.3 Å². The Hall–Kier alpha value is -1.61. The summed E-state index contributed by atoms with van der Waals surface area (Å²) in [6, 6.07) is 12.4. The molecule has 0 saturated heterocycles. The van der Waals surface area contributed by atoms with Gasteiger partial charge in [0.25, 0.3) is 0 Å². The van der Waals surface area contributed by atoms with Gasteiger partial charge in [-0.25, -0.2) is 8.42 Å². The standard InChI is InChI=1S/C19H24ClNO5S2/c1-4-27(22,23)26-18-7-5-6-16(12-18)14-21(13-15(2)3)28(24,25)19-10-8-17(20)9-11-19/h5-12,15H,4,13-14H2,1-3H3. The van der Waals surface area contributed by atoms with Gasteiger partial charge in [0.1, 0.15) is 5.75 Å². The Labute approximate surface area is 172 Å². The lowest BCUT2D eigenvalue weighted by Crippen LogP contribution is -2.33. The third-order valence-electron chi connectivity index (χ3n) is 3.85. The molecule has 2 aromatic carbocycles. The van der Waals surface area contributed by atoms with Crippen LogP contribution in [-0.2, 0) is 26.7 Å². The van der Waals surface area contributed by atoms with Gasteiger partial charge in [0.2, 0.25) is 10.0 Å². The van der Waals surface area contributed by atoms with Gasteiger partial charge < -0.3 is 4.18 Å². The predicted octanol–water partition coefficient (Wildman–Crippen LogP) is 3.92. The molecule has 0 atom stereocenters. The van der Waals surface area contributed by atoms with E-state index in [4.69, 9.17) is 15.8 Å². The van der Waals surface area contributed by atoms with Crippen LogP contribution in [0.2, 0.25) is 5.02 Å². The van der Waals surface area contributed by atoms with Crippen molar-refractivity contribution >= 4 is 31.7 Å². The van der Waals surface area contributed by atoms with Crippen LogP contribution in [0.25, 0.3) is 0 Å². The average molecular weight is 446 g/mol. The van der Waals surface area contributed by atoms with Crippen molar-refractivity contribution in [3.63, 3.8) is 0 Å². The van der Waals surface area contributed by atoms with Crippen molar-refractivity contribution in [3.05, 3.63) is 59.1 Å². The van der Waals surface area contributed by atoms with E-state index in [9.17, 15) is 16.8 Å². The zero-order chi connectivity index (χ0) is 20.9. The molecule has 0 bridgehead atoms. The Morgan fingerprint density at radius 1 is 1.04 bits per heavy atom. The minimum atomic E-state index is -3.75. The zero-order valence-electron chi connectivity index (χ0n) is 16.0. The summed E-state index contributed by atoms with van der Waals surface area (Å²) in [4.78, 5) is 0.151. The fourth-order valence-electron chi connectivity index (χ4n) is 2.52. The summed E-state index contributed by atoms with van der Waals surface area (Å²) in [6.07, 6.45) is 0. The van der Waals surface area contributed by atoms with Crippen LogP contribution in [0.4, 0.5) is 0 Å². The Balaban J connectivity index is 2.33. The number of hydrogen-bond acceptors (Lipinski definition) is 5. The maximum Gasteiger partial charge on any atom is 0.308 e. The van der Waals surface area contributed by atoms with E-state index >= 15 is 0 Å². The molecule has 154 valence electrons. The number of benzene rings is 2. The highest BCUT2D eigenvalue weighted by Gasteiger charge is 2.25. The van der Waals surface area contributed by atoms with E-state index in [1.54, 1.807) is 12.1 Å². The summed E-state index contributed by atoms with van der Waals surface area (Å²) in [7, 11) is -7.40. The molecule has 0 unspecified atom stereocenters. The first kappa shape index (κ1) is 22.7. The average Bonchev–Trinajstić information content (AvgIpc) is 2.61. The van der Waals surface area contributed by atoms with E-state index in [1.165, 1.54) is 47.6 Å². The maximum atomic E-state index is 13.1. The number of halogens is 1. The highest BCUT2D eigenvalue weighted by molar-refractivity contribution is 7.89. The van der Waals surface area contributed by atoms with Crippen LogP contribution in [0.15, 0.2) is 53.4 Å². The topological polar surface area (TPSA) is 80.8 Å². The van der Waals surface area contributed by atoms with Gasteiger partial charge in [-0.05, 0) is 54.8 Å². The Morgan fingerprint density at radius 3 is 2.25 bits per heavy atom. The molecule has 9 heteroatoms. The van der Waals surface area contributed by atoms with Gasteiger partial charge in [0.15, 0.2) is 0 Å². The van der Waals surface area contributed by atoms with Crippen LogP contribution in [0.5, 0.6) is 5.75 Å². The second-order valence-corrected chi connectivity index (χ2v) is 11.0. The fourth-order valence-corrected chi connectivity index (χ4v) is 4.75. The van der Waals surface area contributed by atoms with E-state index in [2.05, 4.69) is 0 Å². The molecule has 0 amide bonds. The van der Waals surface area contributed by atoms with Crippen molar-refractivity contribution in [1.82, 2.24) is 4.31 Å². The van der Waals surface area contributed by atoms with Gasteiger partial charge in [-0.15, -0.1) is 0 Å². The number of rotatable bonds is 9. The summed E-state index contributed by atoms with van der Waals surface area (Å²) >= 11 is 5.87. The lowest BCUT2D eigenvalue weighted by Gasteiger charge is -2.24. The third-order valence-corrected chi connectivity index (χ3v) is 7.09. The van der Waals surface area contributed by atoms with Crippen LogP contribution in [0.1, 0.15) is 26.3 Å². The van der Waals surface area contributed by atoms with Crippen molar-refractivity contribution in [2.24, 2.45) is 5.92 Å². The molecule has 0 aliphatic rings. The van der Waals surface area contributed by atoms with E-state index in [-0.39, 0.29) is 28.9 Å². The molecular formula is C19H24ClNO5S2. The van der Waals surface area contributed by atoms with Gasteiger partial charge in [-0.3, -0.25) is 0 Å². The molecule has 2 rings (SSSR count). The molecular weight excluding hydrogens is 422 g/mol. The van der Waals surface area contributed by atoms with Crippen molar-refractivity contribution in [2.45, 2.75) is 32.2 Å². The maximum absolute atomic E-state index is 13.1. The molecule has 28 heavy (non-hydrogen) atoms. The molecule has 0 spiro atoms. The molecule has 0 aliphatic heterocycles. The monoisotopic (exact) mass is 445 g/mol. The molecule has 0 aromatic heterocycles. The van der Waals surface area contributed by atoms with Crippen molar-refractivity contribution in [3.8, 4) is 5.75 Å². The lowest BCUT2D eigenvalue weighted by molar-refractivity contribution is 0.361. The Bertz CT molecular complexity index is 1000. The van der Waals surface area contributed by atoms with Crippen LogP contribution < -0.4 is 4.18 Å². The van der Waals surface area contributed by atoms with Crippen LogP contribution in [-0.4, -0.2) is 33.4 Å². The summed E-state index contributed by atoms with van der Waals surface area (Å²) in [6.45, 7) is 5.74. The van der Waals surface area contributed by atoms with E-state index in [1.807, 2.05) is 13.8 Å². The van der Waals surface area contributed by atoms with Crippen LogP contribution >= 0.6 is 11.6 Å². The summed E-state index contributed by atoms with van der Waals surface area (Å²) in [5.41, 5.74) is 0.627. The summed E-state index contributed by atoms with van der Waals surface area (Å²) in [5, 5.41) is 0.455. The smallest absolute Gasteiger partial charge is 0.308 e. The van der Waals surface area contributed by atoms with Crippen LogP contribution in [0, 0.1) is 5.92 Å². The molecule has 6 nitrogen and oxygen atoms in total. The first-order valence-corrected chi connectivity index (χ1v) is 12.2. The Kier molecular flexibility index (Phi) is 7.50. The third kappa shape index (κ3) is 6.20. The lowest BCUT2D eigenvalue weighted by atomic mass is 10.2. The highest BCUT2D eigenvalue weighted by atomic mass is 35.5. The molecule has 0 fully saturated rings. The number of sulfonamides is 1. The van der Waals surface area contributed by atoms with Gasteiger partial charge in [0, 0.05) is 18.1 Å². The summed E-state index contributed by atoms with van der Waals surface area (Å²) < 4.78 is 56.0. The predicted molar refractivity (Wildman–Crippen MR) is 110 cm³/mol. The first-order valence-electron chi connectivity index (χ1n) is 8.80. The molecule has 2 aromatic rings. The molecule has 0 heterocycles. The fraction of sp³-hybridized carbons (Fsp3) is 0.368. The van der Waals surface area contributed by atoms with Crippen molar-refractivity contribution in [1.29, 1.82) is 0 Å². The minimum Gasteiger partial charge on any atom is -0.382 e. The largest absolute Gasteiger partial charge is 0.382 e. The SMILES string of the molecule is CCS(=O)(=O)Oc1cccc(CN(CC(C)C)S(=O)(=O)c2ccc(Cl)cc2)c1. The van der Waals surface area contributed by atoms with Gasteiger partial charge in [-0.1, -0.05) is 37.6 Å². The normalized spacial score (nSPS) is 12.5. The second kappa shape index (κ2) is 9.26. The van der Waals surface area contributed by atoms with E-state index in [0.29, 0.717) is 17.1 Å². The van der Waals surface area contributed by atoms with Crippen LogP contribution in [0.3, 0.4) is 0 Å². The second-order valence-electron chi connectivity index (χ2n) is 6.72. The number of hydrogen-bond donors (Lipinski definition) is 0. The molecule has 0 saturated carbocycles. The highest BCUT2D eigenvalue weighted by Crippen LogP contribution is 2.23. The van der Waals surface area contributed by atoms with E-state index in [0.717, 1.165) is 0 Å². The first-order chi connectivity index (χ1) is 13.0. The number of nitrogens with zero attached hydrogens (tertiary/aromatic N) is 1. The quantitative estimate of drug-likeness (QED) is 0.546. The summed E-state index contributed by atoms with van der Waals surface area (Å²) in [5.74, 6) is 0.108. The minimum absolute atomic E-state index is 0.0898. The molecule has 0 aliphatic carbocycles. The van der Waals surface area contributed by atoms with Gasteiger partial charge in [0.05, 0.1) is 10.6 Å². The Morgan fingerprint density at radius 2 is 1.68 bits per heavy atom.